The maximum Gasteiger partial charge on any atom is 0.405 e. The first-order valence-corrected chi connectivity index (χ1v) is 18.1. The van der Waals surface area contributed by atoms with Crippen LogP contribution in [0.5, 0.6) is 5.75 Å². The maximum absolute atomic E-state index is 12.0. The molecular weight excluding hydrogens is 711 g/mol. The van der Waals surface area contributed by atoms with E-state index >= 15 is 0 Å². The first kappa shape index (κ1) is 44.2. The van der Waals surface area contributed by atoms with Gasteiger partial charge in [0.1, 0.15) is 12.3 Å². The number of rotatable bonds is 12. The van der Waals surface area contributed by atoms with Gasteiger partial charge in [-0.3, -0.25) is 24.4 Å². The van der Waals surface area contributed by atoms with E-state index in [9.17, 15) is 27.9 Å². The Kier molecular flexibility index (Phi) is 17.8. The molecule has 1 fully saturated rings. The molecule has 2 atom stereocenters. The summed E-state index contributed by atoms with van der Waals surface area (Å²) in [5.41, 5.74) is 9.82. The Morgan fingerprint density at radius 2 is 1.71 bits per heavy atom. The number of hydrogen-bond donors (Lipinski definition) is 3. The number of amides is 2. The smallest absolute Gasteiger partial charge is 0.405 e. The van der Waals surface area contributed by atoms with Crippen LogP contribution >= 0.6 is 0 Å². The van der Waals surface area contributed by atoms with Gasteiger partial charge >= 0.3 is 6.18 Å². The van der Waals surface area contributed by atoms with Crippen LogP contribution in [0.25, 0.3) is 5.69 Å². The van der Waals surface area contributed by atoms with Crippen molar-refractivity contribution in [2.75, 3.05) is 45.9 Å². The van der Waals surface area contributed by atoms with Crippen molar-refractivity contribution >= 4 is 12.3 Å². The minimum atomic E-state index is -4.29. The summed E-state index contributed by atoms with van der Waals surface area (Å²) in [4.78, 5) is 30.0. The summed E-state index contributed by atoms with van der Waals surface area (Å²) in [6.07, 6.45) is 11.8. The largest absolute Gasteiger partial charge is 0.493 e. The summed E-state index contributed by atoms with van der Waals surface area (Å²) in [6.45, 7) is 8.06. The van der Waals surface area contributed by atoms with E-state index < -0.39 is 24.7 Å². The van der Waals surface area contributed by atoms with Crippen molar-refractivity contribution in [3.63, 3.8) is 0 Å². The van der Waals surface area contributed by atoms with Gasteiger partial charge in [-0.25, -0.2) is 4.68 Å². The summed E-state index contributed by atoms with van der Waals surface area (Å²) in [6, 6.07) is 24.2. The van der Waals surface area contributed by atoms with Crippen molar-refractivity contribution < 1.29 is 32.6 Å². The number of aliphatic hydroxyl groups excluding tert-OH is 1. The molecule has 296 valence electrons. The molecule has 0 spiro atoms. The zero-order chi connectivity index (χ0) is 40.3. The number of aryl methyl sites for hydroxylation is 1. The van der Waals surface area contributed by atoms with E-state index in [2.05, 4.69) is 59.7 Å². The summed E-state index contributed by atoms with van der Waals surface area (Å²) in [5.74, 6) is 0.289. The minimum absolute atomic E-state index is 0.00743. The van der Waals surface area contributed by atoms with Crippen LogP contribution < -0.4 is 15.8 Å². The predicted octanol–water partition coefficient (Wildman–Crippen LogP) is 4.77. The number of hydrogen-bond acceptors (Lipinski definition) is 8. The Hall–Kier alpha value is -5.23. The Morgan fingerprint density at radius 3 is 2.31 bits per heavy atom. The van der Waals surface area contributed by atoms with E-state index in [1.165, 1.54) is 17.3 Å². The number of fused-ring (bicyclic) bond motifs is 1. The molecule has 1 saturated heterocycles. The van der Waals surface area contributed by atoms with Gasteiger partial charge < -0.3 is 20.9 Å². The number of aromatic nitrogens is 3. The molecule has 2 aromatic heterocycles. The minimum Gasteiger partial charge on any atom is -0.493 e. The van der Waals surface area contributed by atoms with Crippen molar-refractivity contribution in [2.45, 2.75) is 57.3 Å². The molecule has 2 amide bonds. The summed E-state index contributed by atoms with van der Waals surface area (Å²) < 4.78 is 40.4. The van der Waals surface area contributed by atoms with Gasteiger partial charge in [0.15, 0.2) is 0 Å². The first-order valence-electron chi connectivity index (χ1n) is 18.1. The molecule has 0 unspecified atom stereocenters. The summed E-state index contributed by atoms with van der Waals surface area (Å²) in [5, 5.41) is 17.1. The lowest BCUT2D eigenvalue weighted by Crippen LogP contribution is -2.54. The third kappa shape index (κ3) is 14.8. The molecule has 0 aliphatic carbocycles. The number of primary amides is 1. The molecule has 14 heteroatoms. The Bertz CT molecular complexity index is 1700. The highest BCUT2D eigenvalue weighted by atomic mass is 19.4. The lowest BCUT2D eigenvalue weighted by Gasteiger charge is -2.43. The lowest BCUT2D eigenvalue weighted by atomic mass is 9.93. The number of alkyl halides is 3. The van der Waals surface area contributed by atoms with Gasteiger partial charge in [0.05, 0.1) is 29.6 Å². The van der Waals surface area contributed by atoms with Crippen molar-refractivity contribution in [2.24, 2.45) is 11.7 Å². The van der Waals surface area contributed by atoms with E-state index in [1.54, 1.807) is 12.4 Å². The standard InChI is InChI=1S/C27H36N6O2.C9H10O.C3H4F3NO.C2H2/c1-27(2,25-10-12-33(30-25)23-8-4-3-5-9-23)32-15-13-31(14-16-32)20-24(34)18-22(26(28)35)17-21-7-6-11-29-19-21;1-2-6-9-8(4-1)5-3-7-10-9;4-3(5,6)1-7-2-8;1-2/h3-12,19,22,24,34H,13-18,20H2,1-2H3,(H2,28,35);1-2,4,6H,3,5,7H2;2H,1H2,(H,7,8);1-2H/t22-,24+;;;/m1.../s1. The van der Waals surface area contributed by atoms with E-state index in [-0.39, 0.29) is 17.9 Å². The van der Waals surface area contributed by atoms with Crippen molar-refractivity contribution in [3.05, 3.63) is 108 Å². The number of carbonyl (C=O) groups excluding carboxylic acids is 2. The molecule has 4 aromatic rings. The third-order valence-electron chi connectivity index (χ3n) is 9.24. The number of benzene rings is 2. The highest BCUT2D eigenvalue weighted by molar-refractivity contribution is 5.77. The van der Waals surface area contributed by atoms with Gasteiger partial charge in [0.2, 0.25) is 12.3 Å². The second kappa shape index (κ2) is 22.2. The topological polar surface area (TPSA) is 139 Å². The van der Waals surface area contributed by atoms with E-state index in [1.807, 2.05) is 65.5 Å². The quantitative estimate of drug-likeness (QED) is 0.139. The molecule has 55 heavy (non-hydrogen) atoms. The molecule has 0 radical (unpaired) electrons. The number of carbonyl (C=O) groups is 2. The van der Waals surface area contributed by atoms with Crippen LogP contribution in [-0.2, 0) is 28.0 Å². The van der Waals surface area contributed by atoms with Gasteiger partial charge in [-0.05, 0) is 81.0 Å². The fourth-order valence-corrected chi connectivity index (χ4v) is 6.28. The van der Waals surface area contributed by atoms with Gasteiger partial charge in [-0.1, -0.05) is 42.5 Å². The molecule has 0 bridgehead atoms. The highest BCUT2D eigenvalue weighted by Crippen LogP contribution is 2.28. The summed E-state index contributed by atoms with van der Waals surface area (Å²) >= 11 is 0. The average molecular weight is 764 g/mol. The fourth-order valence-electron chi connectivity index (χ4n) is 6.28. The van der Waals surface area contributed by atoms with Crippen LogP contribution in [0.3, 0.4) is 0 Å². The molecule has 11 nitrogen and oxygen atoms in total. The maximum atomic E-state index is 12.0. The second-order valence-corrected chi connectivity index (χ2v) is 13.6. The van der Waals surface area contributed by atoms with Crippen molar-refractivity contribution in [1.82, 2.24) is 29.9 Å². The normalized spacial score (nSPS) is 15.4. The number of nitrogens with two attached hydrogens (primary N) is 1. The Morgan fingerprint density at radius 1 is 1.02 bits per heavy atom. The number of piperazine rings is 1. The molecule has 4 N–H and O–H groups in total. The number of ether oxygens (including phenoxy) is 1. The van der Waals surface area contributed by atoms with Crippen LogP contribution in [-0.4, -0.2) is 100 Å². The van der Waals surface area contributed by atoms with Gasteiger partial charge in [-0.2, -0.15) is 18.3 Å². The van der Waals surface area contributed by atoms with Crippen LogP contribution in [0.2, 0.25) is 0 Å². The van der Waals surface area contributed by atoms with E-state index in [0.717, 1.165) is 61.9 Å². The molecule has 2 aliphatic rings. The second-order valence-electron chi connectivity index (χ2n) is 13.6. The number of pyridine rings is 1. The van der Waals surface area contributed by atoms with Crippen LogP contribution in [0.15, 0.2) is 91.4 Å². The number of terminal acetylenes is 1. The van der Waals surface area contributed by atoms with Gasteiger partial charge in [-0.15, -0.1) is 12.8 Å². The monoisotopic (exact) mass is 763 g/mol. The van der Waals surface area contributed by atoms with Gasteiger partial charge in [0.25, 0.3) is 0 Å². The van der Waals surface area contributed by atoms with E-state index in [4.69, 9.17) is 15.6 Å². The zero-order valence-electron chi connectivity index (χ0n) is 31.4. The predicted molar refractivity (Wildman–Crippen MR) is 206 cm³/mol. The number of nitrogens with zero attached hydrogens (tertiary/aromatic N) is 5. The average Bonchev–Trinajstić information content (AvgIpc) is 3.71. The van der Waals surface area contributed by atoms with E-state index in [0.29, 0.717) is 19.4 Å². The Balaban J connectivity index is 0.000000329. The highest BCUT2D eigenvalue weighted by Gasteiger charge is 2.34. The number of β-amino-alcohol motifs (C(OH)–C–C–N with tert-alkyl or cyclic N) is 1. The van der Waals surface area contributed by atoms with Crippen molar-refractivity contribution in [1.29, 1.82) is 0 Å². The zero-order valence-corrected chi connectivity index (χ0v) is 31.4. The van der Waals surface area contributed by atoms with Crippen molar-refractivity contribution in [3.8, 4) is 24.3 Å². The molecule has 4 heterocycles. The number of aliphatic hydroxyl groups is 1. The Labute approximate surface area is 321 Å². The molecule has 6 rings (SSSR count). The number of halogens is 3. The molecule has 0 saturated carbocycles. The van der Waals surface area contributed by atoms with Crippen LogP contribution in [0.4, 0.5) is 13.2 Å². The first-order chi connectivity index (χ1) is 26.4. The fraction of sp³-hybridized carbons (Fsp3) is 0.415. The van der Waals surface area contributed by atoms with Crippen LogP contribution in [0, 0.1) is 18.8 Å². The number of para-hydroxylation sites is 2. The summed E-state index contributed by atoms with van der Waals surface area (Å²) in [7, 11) is 0. The number of nitrogens with one attached hydrogen (secondary N) is 1. The third-order valence-corrected chi connectivity index (χ3v) is 9.24. The molecule has 2 aliphatic heterocycles. The lowest BCUT2D eigenvalue weighted by molar-refractivity contribution is -0.132. The van der Waals surface area contributed by atoms with Crippen LogP contribution in [0.1, 0.15) is 43.5 Å². The molecular formula is C41H52F3N7O4. The SMILES string of the molecule is C#C.CC(C)(c1ccn(-c2ccccc2)n1)N1CCN(C[C@@H](O)C[C@@H](Cc2cccnc2)C(N)=O)CC1.O=CNCC(F)(F)F.c1ccc2c(c1)CCCO2. The van der Waals surface area contributed by atoms with Gasteiger partial charge in [0, 0.05) is 57.2 Å². The molecule has 2 aromatic carbocycles.